The lowest BCUT2D eigenvalue weighted by molar-refractivity contribution is 0.103. The third kappa shape index (κ3) is 3.96. The second-order valence-electron chi connectivity index (χ2n) is 7.59. The highest BCUT2D eigenvalue weighted by Crippen LogP contribution is 2.44. The lowest BCUT2D eigenvalue weighted by Gasteiger charge is -2.37. The van der Waals surface area contributed by atoms with Crippen LogP contribution in [-0.4, -0.2) is 23.9 Å². The summed E-state index contributed by atoms with van der Waals surface area (Å²) in [5.41, 5.74) is 2.59. The van der Waals surface area contributed by atoms with Gasteiger partial charge in [0.2, 0.25) is 0 Å². The molecule has 148 valence electrons. The smallest absolute Gasteiger partial charge is 0.266 e. The maximum Gasteiger partial charge on any atom is 0.266 e. The fourth-order valence-electron chi connectivity index (χ4n) is 3.88. The predicted molar refractivity (Wildman–Crippen MR) is 122 cm³/mol. The molecule has 6 heteroatoms. The molecule has 1 fully saturated rings. The fraction of sp³-hybridized carbons (Fsp3) is 0.409. The topological polar surface area (TPSA) is 32.3 Å². The number of aryl methyl sites for hydroxylation is 1. The molecule has 4 heterocycles. The van der Waals surface area contributed by atoms with Crippen molar-refractivity contribution in [3.05, 3.63) is 60.8 Å². The predicted octanol–water partition coefficient (Wildman–Crippen LogP) is 6.56. The lowest BCUT2D eigenvalue weighted by Crippen LogP contribution is -2.36. The first-order valence-corrected chi connectivity index (χ1v) is 12.3. The number of anilines is 1. The third-order valence-corrected chi connectivity index (χ3v) is 8.61. The van der Waals surface area contributed by atoms with Gasteiger partial charge < -0.3 is 5.32 Å². The van der Waals surface area contributed by atoms with Gasteiger partial charge in [-0.15, -0.1) is 34.0 Å². The Hall–Kier alpha value is -1.47. The van der Waals surface area contributed by atoms with E-state index in [2.05, 4.69) is 48.5 Å². The molecule has 0 saturated carbocycles. The summed E-state index contributed by atoms with van der Waals surface area (Å²) in [4.78, 5) is 18.8. The first-order chi connectivity index (χ1) is 13.5. The Kier molecular flexibility index (Phi) is 6.01. The van der Waals surface area contributed by atoms with Crippen molar-refractivity contribution in [1.82, 2.24) is 4.90 Å². The first-order valence-electron chi connectivity index (χ1n) is 9.76. The minimum absolute atomic E-state index is 0.00491. The average molecular weight is 431 g/mol. The van der Waals surface area contributed by atoms with Gasteiger partial charge in [-0.25, -0.2) is 0 Å². The van der Waals surface area contributed by atoms with Crippen LogP contribution in [0.3, 0.4) is 0 Å². The molecule has 0 aliphatic carbocycles. The van der Waals surface area contributed by atoms with Crippen LogP contribution in [0.4, 0.5) is 5.00 Å². The number of hydrogen-bond acceptors (Lipinski definition) is 5. The molecule has 1 N–H and O–H groups in total. The van der Waals surface area contributed by atoms with Gasteiger partial charge in [-0.05, 0) is 74.2 Å². The molecule has 4 rings (SSSR count). The molecule has 3 nitrogen and oxygen atoms in total. The molecule has 1 atom stereocenters. The van der Waals surface area contributed by atoms with E-state index in [9.17, 15) is 4.79 Å². The van der Waals surface area contributed by atoms with Crippen LogP contribution >= 0.6 is 34.0 Å². The Balaban J connectivity index is 1.72. The molecule has 28 heavy (non-hydrogen) atoms. The van der Waals surface area contributed by atoms with Gasteiger partial charge in [-0.2, -0.15) is 0 Å². The normalized spacial score (nSPS) is 17.0. The number of nitrogens with one attached hydrogen (secondary N) is 1. The van der Waals surface area contributed by atoms with E-state index in [0.717, 1.165) is 28.9 Å². The largest absolute Gasteiger partial charge is 0.313 e. The zero-order valence-electron chi connectivity index (χ0n) is 16.5. The highest BCUT2D eigenvalue weighted by molar-refractivity contribution is 7.17. The quantitative estimate of drug-likeness (QED) is 0.497. The minimum Gasteiger partial charge on any atom is -0.313 e. The van der Waals surface area contributed by atoms with Crippen molar-refractivity contribution < 1.29 is 4.79 Å². The number of hydrogen-bond donors (Lipinski definition) is 1. The molecule has 0 aromatic carbocycles. The van der Waals surface area contributed by atoms with Crippen molar-refractivity contribution in [3.63, 3.8) is 0 Å². The molecule has 0 bridgehead atoms. The van der Waals surface area contributed by atoms with E-state index in [-0.39, 0.29) is 11.9 Å². The second-order valence-corrected chi connectivity index (χ2v) is 10.7. The van der Waals surface area contributed by atoms with Crippen molar-refractivity contribution in [2.24, 2.45) is 5.92 Å². The number of carbonyl (C=O) groups is 1. The molecule has 1 aliphatic rings. The van der Waals surface area contributed by atoms with E-state index in [4.69, 9.17) is 0 Å². The van der Waals surface area contributed by atoms with Crippen LogP contribution in [0.15, 0.2) is 35.0 Å². The molecule has 0 spiro atoms. The molecule has 1 amide bonds. The molecule has 1 unspecified atom stereocenters. The number of thiophene rings is 3. The summed E-state index contributed by atoms with van der Waals surface area (Å²) in [5, 5.41) is 8.35. The number of nitrogens with zero attached hydrogens (tertiary/aromatic N) is 1. The van der Waals surface area contributed by atoms with E-state index < -0.39 is 0 Å². The summed E-state index contributed by atoms with van der Waals surface area (Å²) >= 11 is 5.01. The number of likely N-dealkylation sites (tertiary alicyclic amines) is 1. The molecule has 1 saturated heterocycles. The molecule has 3 aromatic rings. The van der Waals surface area contributed by atoms with E-state index in [1.165, 1.54) is 45.1 Å². The summed E-state index contributed by atoms with van der Waals surface area (Å²) in [6.07, 6.45) is 2.47. The maximum atomic E-state index is 12.8. The van der Waals surface area contributed by atoms with E-state index in [1.807, 2.05) is 28.8 Å². The van der Waals surface area contributed by atoms with Gasteiger partial charge >= 0.3 is 0 Å². The van der Waals surface area contributed by atoms with E-state index in [1.54, 1.807) is 11.3 Å². The molecule has 1 aliphatic heterocycles. The number of amides is 1. The first kappa shape index (κ1) is 19.8. The zero-order valence-corrected chi connectivity index (χ0v) is 19.0. The maximum absolute atomic E-state index is 12.8. The van der Waals surface area contributed by atoms with Gasteiger partial charge in [0.15, 0.2) is 0 Å². The highest BCUT2D eigenvalue weighted by atomic mass is 32.1. The van der Waals surface area contributed by atoms with Crippen molar-refractivity contribution in [1.29, 1.82) is 0 Å². The highest BCUT2D eigenvalue weighted by Gasteiger charge is 2.32. The van der Waals surface area contributed by atoms with Gasteiger partial charge in [0.25, 0.3) is 5.91 Å². The van der Waals surface area contributed by atoms with Crippen LogP contribution in [0.1, 0.15) is 56.4 Å². The summed E-state index contributed by atoms with van der Waals surface area (Å²) in [6, 6.07) is 8.41. The van der Waals surface area contributed by atoms with Crippen molar-refractivity contribution in [2.75, 3.05) is 18.4 Å². The monoisotopic (exact) mass is 430 g/mol. The third-order valence-electron chi connectivity index (χ3n) is 5.67. The van der Waals surface area contributed by atoms with Crippen molar-refractivity contribution in [3.8, 4) is 0 Å². The van der Waals surface area contributed by atoms with Crippen LogP contribution in [0, 0.1) is 19.8 Å². The van der Waals surface area contributed by atoms with Crippen molar-refractivity contribution >= 4 is 44.9 Å². The molecular formula is C22H26N2OS3. The average Bonchev–Trinajstić information content (AvgIpc) is 3.43. The summed E-state index contributed by atoms with van der Waals surface area (Å²) in [6.45, 7) is 8.93. The standard InChI is InChI=1S/C22H26N2OS3/c1-14-8-10-24(11-9-14)20(17-6-4-12-26-17)19-15(2)16(3)28-22(19)23-21(25)18-7-5-13-27-18/h4-7,12-14,20H,8-11H2,1-3H3,(H,23,25). The van der Waals surface area contributed by atoms with Gasteiger partial charge in [0, 0.05) is 15.3 Å². The van der Waals surface area contributed by atoms with Gasteiger partial charge in [-0.1, -0.05) is 19.1 Å². The molecule has 0 radical (unpaired) electrons. The van der Waals surface area contributed by atoms with Gasteiger partial charge in [0.1, 0.15) is 5.00 Å². The van der Waals surface area contributed by atoms with E-state index in [0.29, 0.717) is 0 Å². The lowest BCUT2D eigenvalue weighted by atomic mass is 9.94. The fourth-order valence-corrected chi connectivity index (χ4v) is 6.45. The Bertz CT molecular complexity index is 920. The number of carbonyl (C=O) groups excluding carboxylic acids is 1. The van der Waals surface area contributed by atoms with Gasteiger partial charge in [-0.3, -0.25) is 9.69 Å². The van der Waals surface area contributed by atoms with Crippen LogP contribution in [0.25, 0.3) is 0 Å². The Morgan fingerprint density at radius 2 is 1.86 bits per heavy atom. The van der Waals surface area contributed by atoms with Crippen LogP contribution in [-0.2, 0) is 0 Å². The minimum atomic E-state index is -0.00491. The Morgan fingerprint density at radius 1 is 1.14 bits per heavy atom. The van der Waals surface area contributed by atoms with Gasteiger partial charge in [0.05, 0.1) is 10.9 Å². The zero-order chi connectivity index (χ0) is 19.7. The number of rotatable bonds is 5. The second kappa shape index (κ2) is 8.49. The molecule has 3 aromatic heterocycles. The summed E-state index contributed by atoms with van der Waals surface area (Å²) in [5.74, 6) is 0.790. The summed E-state index contributed by atoms with van der Waals surface area (Å²) in [7, 11) is 0. The summed E-state index contributed by atoms with van der Waals surface area (Å²) < 4.78 is 0. The Labute approximate surface area is 179 Å². The molecular weight excluding hydrogens is 404 g/mol. The van der Waals surface area contributed by atoms with E-state index >= 15 is 0 Å². The Morgan fingerprint density at radius 3 is 2.50 bits per heavy atom. The van der Waals surface area contributed by atoms with Crippen LogP contribution in [0.5, 0.6) is 0 Å². The van der Waals surface area contributed by atoms with Crippen LogP contribution < -0.4 is 5.32 Å². The van der Waals surface area contributed by atoms with Crippen LogP contribution in [0.2, 0.25) is 0 Å². The van der Waals surface area contributed by atoms with Crippen molar-refractivity contribution in [2.45, 2.75) is 39.7 Å². The number of piperidine rings is 1. The SMILES string of the molecule is Cc1sc(NC(=O)c2cccs2)c(C(c2cccs2)N2CCC(C)CC2)c1C.